The van der Waals surface area contributed by atoms with Crippen molar-refractivity contribution >= 4 is 12.1 Å². The lowest BCUT2D eigenvalue weighted by Crippen LogP contribution is -2.57. The van der Waals surface area contributed by atoms with Gasteiger partial charge in [0.15, 0.2) is 12.0 Å². The van der Waals surface area contributed by atoms with Crippen LogP contribution >= 0.6 is 0 Å². The maximum absolute atomic E-state index is 11.0. The lowest BCUT2D eigenvalue weighted by Gasteiger charge is -2.44. The van der Waals surface area contributed by atoms with Crippen LogP contribution in [-0.4, -0.2) is 43.6 Å². The van der Waals surface area contributed by atoms with Gasteiger partial charge in [-0.3, -0.25) is 0 Å². The van der Waals surface area contributed by atoms with E-state index < -0.39 is 17.9 Å². The van der Waals surface area contributed by atoms with Crippen molar-refractivity contribution in [1.82, 2.24) is 14.7 Å². The van der Waals surface area contributed by atoms with Crippen LogP contribution in [0.4, 0.5) is 4.79 Å². The molecule has 22 heavy (non-hydrogen) atoms. The van der Waals surface area contributed by atoms with Crippen molar-refractivity contribution in [1.29, 1.82) is 0 Å². The molecule has 2 heterocycles. The van der Waals surface area contributed by atoms with Crippen LogP contribution < -0.4 is 5.73 Å². The first-order chi connectivity index (χ1) is 10.4. The van der Waals surface area contributed by atoms with E-state index in [9.17, 15) is 9.90 Å². The third kappa shape index (κ3) is 3.11. The number of rotatable bonds is 4. The predicted octanol–water partition coefficient (Wildman–Crippen LogP) is 1.24. The average Bonchev–Trinajstić information content (AvgIpc) is 2.93. The maximum atomic E-state index is 11.0. The quantitative estimate of drug-likeness (QED) is 0.870. The standard InChI is InChI=1S/C14H21N5O3/c1-4-6-14(2,3)19-11(20)10(22-12(15)21)9-16-13(19)18-8-5-7-17-18/h5,7-9,11,20H,4,6H2,1-3H3,(H2,15,21). The van der Waals surface area contributed by atoms with E-state index in [4.69, 9.17) is 10.5 Å². The van der Waals surface area contributed by atoms with E-state index in [0.29, 0.717) is 5.96 Å². The number of aliphatic hydroxyl groups excluding tert-OH is 1. The fraction of sp³-hybridized carbons (Fsp3) is 0.500. The molecule has 8 nitrogen and oxygen atoms in total. The van der Waals surface area contributed by atoms with Crippen LogP contribution in [0.3, 0.4) is 0 Å². The van der Waals surface area contributed by atoms with Crippen molar-refractivity contribution in [2.45, 2.75) is 45.4 Å². The van der Waals surface area contributed by atoms with Crippen LogP contribution in [0.5, 0.6) is 0 Å². The number of amides is 1. The van der Waals surface area contributed by atoms with Gasteiger partial charge in [0.1, 0.15) is 0 Å². The maximum Gasteiger partial charge on any atom is 0.409 e. The van der Waals surface area contributed by atoms with Crippen molar-refractivity contribution in [2.75, 3.05) is 0 Å². The summed E-state index contributed by atoms with van der Waals surface area (Å²) in [5.74, 6) is 0.445. The van der Waals surface area contributed by atoms with Gasteiger partial charge in [0, 0.05) is 17.9 Å². The Morgan fingerprint density at radius 2 is 2.27 bits per heavy atom. The molecule has 2 rings (SSSR count). The average molecular weight is 307 g/mol. The summed E-state index contributed by atoms with van der Waals surface area (Å²) in [6.45, 7) is 6.01. The molecule has 0 saturated heterocycles. The van der Waals surface area contributed by atoms with E-state index in [2.05, 4.69) is 17.0 Å². The van der Waals surface area contributed by atoms with E-state index in [1.165, 1.54) is 6.20 Å². The van der Waals surface area contributed by atoms with Crippen LogP contribution in [0.2, 0.25) is 0 Å². The Bertz CT molecular complexity index is 592. The smallest absolute Gasteiger partial charge is 0.408 e. The topological polar surface area (TPSA) is 106 Å². The van der Waals surface area contributed by atoms with E-state index in [1.807, 2.05) is 13.8 Å². The SMILES string of the molecule is CCCC(C)(C)N1C(n2cccn2)=NC=C(OC(N)=O)C1O. The predicted molar refractivity (Wildman–Crippen MR) is 80.6 cm³/mol. The number of aliphatic hydroxyl groups is 1. The zero-order valence-corrected chi connectivity index (χ0v) is 12.9. The second-order valence-electron chi connectivity index (χ2n) is 5.64. The van der Waals surface area contributed by atoms with Gasteiger partial charge in [-0.2, -0.15) is 5.10 Å². The number of aliphatic imine (C=N–C) groups is 1. The molecule has 0 aromatic carbocycles. The van der Waals surface area contributed by atoms with Gasteiger partial charge in [-0.25, -0.2) is 14.5 Å². The molecule has 0 spiro atoms. The molecule has 1 unspecified atom stereocenters. The van der Waals surface area contributed by atoms with Gasteiger partial charge >= 0.3 is 6.09 Å². The second-order valence-corrected chi connectivity index (χ2v) is 5.64. The molecule has 1 aromatic rings. The molecule has 0 bridgehead atoms. The Labute approximate surface area is 128 Å². The molecule has 1 atom stereocenters. The summed E-state index contributed by atoms with van der Waals surface area (Å²) in [7, 11) is 0. The highest BCUT2D eigenvalue weighted by molar-refractivity contribution is 5.84. The lowest BCUT2D eigenvalue weighted by atomic mass is 9.95. The van der Waals surface area contributed by atoms with Crippen LogP contribution in [-0.2, 0) is 4.74 Å². The van der Waals surface area contributed by atoms with E-state index in [0.717, 1.165) is 12.8 Å². The molecule has 0 fully saturated rings. The summed E-state index contributed by atoms with van der Waals surface area (Å²) in [5, 5.41) is 14.8. The minimum Gasteiger partial charge on any atom is -0.408 e. The fourth-order valence-corrected chi connectivity index (χ4v) is 2.57. The molecule has 1 aromatic heterocycles. The summed E-state index contributed by atoms with van der Waals surface area (Å²) in [6, 6.07) is 1.76. The second kappa shape index (κ2) is 6.18. The lowest BCUT2D eigenvalue weighted by molar-refractivity contribution is -0.0152. The van der Waals surface area contributed by atoms with Crippen LogP contribution in [0, 0.1) is 0 Å². The van der Waals surface area contributed by atoms with Gasteiger partial charge in [0.2, 0.25) is 5.96 Å². The Hall–Kier alpha value is -2.35. The molecule has 0 aliphatic carbocycles. The third-order valence-electron chi connectivity index (χ3n) is 3.46. The highest BCUT2D eigenvalue weighted by atomic mass is 16.6. The number of hydrogen-bond acceptors (Lipinski definition) is 6. The molecule has 3 N–H and O–H groups in total. The molecular weight excluding hydrogens is 286 g/mol. The first kappa shape index (κ1) is 16.0. The van der Waals surface area contributed by atoms with E-state index in [1.54, 1.807) is 28.0 Å². The molecular formula is C14H21N5O3. The molecule has 8 heteroatoms. The van der Waals surface area contributed by atoms with Gasteiger partial charge in [-0.1, -0.05) is 13.3 Å². The van der Waals surface area contributed by atoms with E-state index in [-0.39, 0.29) is 5.76 Å². The van der Waals surface area contributed by atoms with Gasteiger partial charge in [0.05, 0.1) is 6.20 Å². The number of hydrogen-bond donors (Lipinski definition) is 2. The van der Waals surface area contributed by atoms with Gasteiger partial charge in [0.25, 0.3) is 0 Å². The number of carbonyl (C=O) groups excluding carboxylic acids is 1. The first-order valence-electron chi connectivity index (χ1n) is 7.09. The number of carbonyl (C=O) groups is 1. The van der Waals surface area contributed by atoms with Crippen LogP contribution in [0.15, 0.2) is 35.4 Å². The van der Waals surface area contributed by atoms with Crippen molar-refractivity contribution in [3.8, 4) is 0 Å². The minimum absolute atomic E-state index is 0.00687. The Kier molecular flexibility index (Phi) is 4.51. The van der Waals surface area contributed by atoms with Crippen molar-refractivity contribution < 1.29 is 14.6 Å². The molecule has 1 aliphatic heterocycles. The molecule has 0 saturated carbocycles. The summed E-state index contributed by atoms with van der Waals surface area (Å²) < 4.78 is 6.40. The molecule has 120 valence electrons. The minimum atomic E-state index is -1.18. The number of ether oxygens (including phenoxy) is 1. The van der Waals surface area contributed by atoms with Crippen molar-refractivity contribution in [3.63, 3.8) is 0 Å². The molecule has 0 radical (unpaired) electrons. The third-order valence-corrected chi connectivity index (χ3v) is 3.46. The molecule has 1 aliphatic rings. The summed E-state index contributed by atoms with van der Waals surface area (Å²) in [6.07, 6.45) is 4.19. The van der Waals surface area contributed by atoms with Crippen LogP contribution in [0.1, 0.15) is 33.6 Å². The van der Waals surface area contributed by atoms with Crippen LogP contribution in [0.25, 0.3) is 0 Å². The number of aromatic nitrogens is 2. The first-order valence-corrected chi connectivity index (χ1v) is 7.09. The zero-order chi connectivity index (χ0) is 16.3. The van der Waals surface area contributed by atoms with Crippen molar-refractivity contribution in [2.24, 2.45) is 10.7 Å². The summed E-state index contributed by atoms with van der Waals surface area (Å²) in [5.41, 5.74) is 4.60. The number of primary amides is 1. The number of nitrogens with two attached hydrogens (primary N) is 1. The van der Waals surface area contributed by atoms with Gasteiger partial charge in [-0.05, 0) is 26.3 Å². The largest absolute Gasteiger partial charge is 0.409 e. The monoisotopic (exact) mass is 307 g/mol. The highest BCUT2D eigenvalue weighted by Gasteiger charge is 2.39. The Morgan fingerprint density at radius 1 is 1.55 bits per heavy atom. The number of nitrogens with zero attached hydrogens (tertiary/aromatic N) is 4. The van der Waals surface area contributed by atoms with Crippen molar-refractivity contribution in [3.05, 3.63) is 30.4 Å². The Balaban J connectivity index is 2.44. The van der Waals surface area contributed by atoms with E-state index >= 15 is 0 Å². The Morgan fingerprint density at radius 3 is 2.82 bits per heavy atom. The summed E-state index contributed by atoms with van der Waals surface area (Å²) in [4.78, 5) is 16.9. The van der Waals surface area contributed by atoms with Gasteiger partial charge < -0.3 is 20.5 Å². The fourth-order valence-electron chi connectivity index (χ4n) is 2.57. The normalized spacial score (nSPS) is 18.7. The van der Waals surface area contributed by atoms with Gasteiger partial charge in [-0.15, -0.1) is 0 Å². The highest BCUT2D eigenvalue weighted by Crippen LogP contribution is 2.29. The molecule has 1 amide bonds. The zero-order valence-electron chi connectivity index (χ0n) is 12.9. The summed E-state index contributed by atoms with van der Waals surface area (Å²) >= 11 is 0.